The van der Waals surface area contributed by atoms with Gasteiger partial charge >= 0.3 is 15.5 Å². The molecule has 32 heavy (non-hydrogen) atoms. The van der Waals surface area contributed by atoms with Crippen molar-refractivity contribution in [2.75, 3.05) is 13.1 Å². The monoisotopic (exact) mass is 517 g/mol. The minimum atomic E-state index is -5.59. The quantitative estimate of drug-likeness (QED) is 0.539. The van der Waals surface area contributed by atoms with E-state index in [0.717, 1.165) is 18.2 Å². The van der Waals surface area contributed by atoms with Crippen molar-refractivity contribution in [1.82, 2.24) is 4.31 Å². The van der Waals surface area contributed by atoms with Gasteiger partial charge in [-0.15, -0.1) is 0 Å². The molecule has 13 heteroatoms. The number of sulfone groups is 1. The molecule has 1 aliphatic rings. The van der Waals surface area contributed by atoms with Crippen LogP contribution in [0.25, 0.3) is 0 Å². The van der Waals surface area contributed by atoms with Crippen LogP contribution in [-0.4, -0.2) is 39.7 Å². The number of alkyl halides is 3. The Hall–Kier alpha value is -1.76. The van der Waals surface area contributed by atoms with Gasteiger partial charge in [0.05, 0.1) is 10.1 Å². The van der Waals surface area contributed by atoms with Gasteiger partial charge in [0.1, 0.15) is 11.6 Å². The van der Waals surface area contributed by atoms with E-state index in [2.05, 4.69) is 0 Å². The molecule has 0 saturated carbocycles. The first-order chi connectivity index (χ1) is 14.7. The van der Waals surface area contributed by atoms with Crippen LogP contribution in [0.1, 0.15) is 23.7 Å². The third kappa shape index (κ3) is 4.78. The number of benzene rings is 2. The molecular weight excluding hydrogens is 501 g/mol. The molecule has 1 unspecified atom stereocenters. The maximum Gasteiger partial charge on any atom is 0.511 e. The Morgan fingerprint density at radius 1 is 0.938 bits per heavy atom. The molecule has 0 amide bonds. The van der Waals surface area contributed by atoms with Crippen molar-refractivity contribution in [3.8, 4) is 0 Å². The summed E-state index contributed by atoms with van der Waals surface area (Å²) in [6, 6.07) is 7.27. The molecule has 1 atom stereocenters. The number of hydrogen-bond acceptors (Lipinski definition) is 4. The highest BCUT2D eigenvalue weighted by Crippen LogP contribution is 2.42. The van der Waals surface area contributed by atoms with E-state index in [9.17, 15) is 38.8 Å². The van der Waals surface area contributed by atoms with Crippen molar-refractivity contribution in [3.05, 3.63) is 64.7 Å². The molecule has 2 aromatic carbocycles. The molecule has 1 aliphatic heterocycles. The highest BCUT2D eigenvalue weighted by Gasteiger charge is 2.51. The lowest BCUT2D eigenvalue weighted by atomic mass is 9.90. The lowest BCUT2D eigenvalue weighted by Gasteiger charge is -2.35. The summed E-state index contributed by atoms with van der Waals surface area (Å²) >= 11 is 5.79. The molecule has 0 radical (unpaired) electrons. The molecule has 1 saturated heterocycles. The first-order valence-corrected chi connectivity index (χ1v) is 12.6. The third-order valence-electron chi connectivity index (χ3n) is 5.30. The van der Waals surface area contributed by atoms with Gasteiger partial charge in [-0.3, -0.25) is 0 Å². The van der Waals surface area contributed by atoms with Crippen LogP contribution in [0.3, 0.4) is 0 Å². The molecule has 0 N–H and O–H groups in total. The standard InChI is InChI=1S/C19H17ClF5NO4S2/c20-13-1-4-15(5-2-13)31(27,28)18(16-11-14(21)3-6-17(16)22)12-7-9-26(10-8-12)32(29,30)19(23,24)25/h1-6,11-12,18H,7-10H2. The van der Waals surface area contributed by atoms with Gasteiger partial charge in [-0.1, -0.05) is 11.6 Å². The zero-order valence-electron chi connectivity index (χ0n) is 16.2. The van der Waals surface area contributed by atoms with Gasteiger partial charge in [0.25, 0.3) is 0 Å². The van der Waals surface area contributed by atoms with Crippen molar-refractivity contribution < 1.29 is 38.8 Å². The predicted octanol–water partition coefficient (Wildman–Crippen LogP) is 4.69. The normalized spacial score (nSPS) is 17.9. The average molecular weight is 518 g/mol. The van der Waals surface area contributed by atoms with Crippen LogP contribution >= 0.6 is 11.6 Å². The Morgan fingerprint density at radius 3 is 2.03 bits per heavy atom. The van der Waals surface area contributed by atoms with Crippen molar-refractivity contribution in [3.63, 3.8) is 0 Å². The van der Waals surface area contributed by atoms with Gasteiger partial charge in [0.2, 0.25) is 0 Å². The Morgan fingerprint density at radius 2 is 1.50 bits per heavy atom. The Labute approximate surface area is 186 Å². The largest absolute Gasteiger partial charge is 0.511 e. The topological polar surface area (TPSA) is 71.5 Å². The van der Waals surface area contributed by atoms with Crippen molar-refractivity contribution >= 4 is 31.5 Å². The molecule has 176 valence electrons. The summed E-state index contributed by atoms with van der Waals surface area (Å²) in [5, 5.41) is -1.40. The minimum absolute atomic E-state index is 0.220. The molecule has 0 bridgehead atoms. The SMILES string of the molecule is O=S(=O)(c1ccc(Cl)cc1)C(c1cc(F)ccc1F)C1CCN(S(=O)(=O)C(F)(F)F)CC1. The fourth-order valence-electron chi connectivity index (χ4n) is 3.74. The van der Waals surface area contributed by atoms with E-state index in [1.54, 1.807) is 0 Å². The van der Waals surface area contributed by atoms with Gasteiger partial charge in [0.15, 0.2) is 9.84 Å². The maximum atomic E-state index is 14.6. The summed E-state index contributed by atoms with van der Waals surface area (Å²) in [6.45, 7) is -1.23. The Kier molecular flexibility index (Phi) is 6.90. The lowest BCUT2D eigenvalue weighted by molar-refractivity contribution is -0.0497. The zero-order chi connectivity index (χ0) is 23.9. The molecule has 1 fully saturated rings. The van der Waals surface area contributed by atoms with Gasteiger partial charge in [-0.25, -0.2) is 25.6 Å². The molecule has 2 aromatic rings. The van der Waals surface area contributed by atoms with E-state index in [0.29, 0.717) is 0 Å². The number of sulfonamides is 1. The fourth-order valence-corrected chi connectivity index (χ4v) is 6.96. The Balaban J connectivity index is 2.02. The molecule has 5 nitrogen and oxygen atoms in total. The highest BCUT2D eigenvalue weighted by molar-refractivity contribution is 7.91. The molecular formula is C19H17ClF5NO4S2. The highest BCUT2D eigenvalue weighted by atomic mass is 35.5. The third-order valence-corrected chi connectivity index (χ3v) is 9.42. The number of piperidine rings is 1. The van der Waals surface area contributed by atoms with E-state index in [4.69, 9.17) is 11.6 Å². The van der Waals surface area contributed by atoms with Crippen molar-refractivity contribution in [2.45, 2.75) is 28.5 Å². The zero-order valence-corrected chi connectivity index (χ0v) is 18.6. The fraction of sp³-hybridized carbons (Fsp3) is 0.368. The molecule has 0 spiro atoms. The first-order valence-electron chi connectivity index (χ1n) is 9.26. The smallest absolute Gasteiger partial charge is 0.223 e. The summed E-state index contributed by atoms with van der Waals surface area (Å²) in [7, 11) is -9.93. The van der Waals surface area contributed by atoms with Crippen molar-refractivity contribution in [2.24, 2.45) is 5.92 Å². The molecule has 0 aliphatic carbocycles. The summed E-state index contributed by atoms with van der Waals surface area (Å²) in [5.74, 6) is -2.86. The van der Waals surface area contributed by atoms with Crippen LogP contribution in [0.5, 0.6) is 0 Å². The summed E-state index contributed by atoms with van der Waals surface area (Å²) < 4.78 is 117. The predicted molar refractivity (Wildman–Crippen MR) is 107 cm³/mol. The number of rotatable bonds is 5. The van der Waals surface area contributed by atoms with Crippen LogP contribution in [0.4, 0.5) is 22.0 Å². The van der Waals surface area contributed by atoms with Crippen molar-refractivity contribution in [1.29, 1.82) is 0 Å². The van der Waals surface area contributed by atoms with E-state index >= 15 is 0 Å². The van der Waals surface area contributed by atoms with E-state index in [1.807, 2.05) is 0 Å². The minimum Gasteiger partial charge on any atom is -0.223 e. The molecule has 0 aromatic heterocycles. The van der Waals surface area contributed by atoms with Gasteiger partial charge in [0, 0.05) is 23.7 Å². The van der Waals surface area contributed by atoms with Gasteiger partial charge in [-0.2, -0.15) is 17.5 Å². The Bertz CT molecular complexity index is 1190. The second-order valence-corrected chi connectivity index (χ2v) is 11.7. The van der Waals surface area contributed by atoms with Crippen LogP contribution < -0.4 is 0 Å². The van der Waals surface area contributed by atoms with Crippen LogP contribution in [0, 0.1) is 17.6 Å². The molecule has 1 heterocycles. The number of hydrogen-bond donors (Lipinski definition) is 0. The first kappa shape index (κ1) is 24.9. The van der Waals surface area contributed by atoms with Crippen LogP contribution in [-0.2, 0) is 19.9 Å². The maximum absolute atomic E-state index is 14.6. The molecule has 3 rings (SSSR count). The second kappa shape index (κ2) is 8.88. The summed E-state index contributed by atoms with van der Waals surface area (Å²) in [4.78, 5) is -0.235. The van der Waals surface area contributed by atoms with E-state index in [-0.39, 0.29) is 27.1 Å². The number of nitrogens with zero attached hydrogens (tertiary/aromatic N) is 1. The summed E-state index contributed by atoms with van der Waals surface area (Å²) in [6.07, 6.45) is -0.606. The van der Waals surface area contributed by atoms with Crippen LogP contribution in [0.2, 0.25) is 5.02 Å². The van der Waals surface area contributed by atoms with Gasteiger partial charge < -0.3 is 0 Å². The van der Waals surface area contributed by atoms with E-state index < -0.39 is 66.8 Å². The van der Waals surface area contributed by atoms with E-state index in [1.165, 1.54) is 24.3 Å². The second-order valence-electron chi connectivity index (χ2n) is 7.27. The summed E-state index contributed by atoms with van der Waals surface area (Å²) in [5.41, 5.74) is -5.97. The number of halogens is 6. The van der Waals surface area contributed by atoms with Crippen LogP contribution in [0.15, 0.2) is 47.4 Å². The average Bonchev–Trinajstić information content (AvgIpc) is 2.70. The lowest BCUT2D eigenvalue weighted by Crippen LogP contribution is -2.46. The van der Waals surface area contributed by atoms with Gasteiger partial charge in [-0.05, 0) is 61.2 Å².